The van der Waals surface area contributed by atoms with E-state index in [9.17, 15) is 14.4 Å². The molecule has 28 heavy (non-hydrogen) atoms. The van der Waals surface area contributed by atoms with Crippen molar-refractivity contribution in [3.8, 4) is 5.69 Å². The predicted molar refractivity (Wildman–Crippen MR) is 105 cm³/mol. The highest BCUT2D eigenvalue weighted by molar-refractivity contribution is 7.99. The zero-order valence-electron chi connectivity index (χ0n) is 15.2. The Kier molecular flexibility index (Phi) is 5.95. The number of carbonyl (C=O) groups is 3. The molecule has 1 amide bonds. The Morgan fingerprint density at radius 2 is 1.61 bits per heavy atom. The number of thioether (sulfide) groups is 1. The van der Waals surface area contributed by atoms with Crippen LogP contribution in [-0.4, -0.2) is 43.4 Å². The molecule has 9 heteroatoms. The monoisotopic (exact) mass is 395 g/mol. The zero-order valence-corrected chi connectivity index (χ0v) is 16.1. The molecule has 2 aromatic carbocycles. The van der Waals surface area contributed by atoms with Crippen LogP contribution in [0.4, 0.5) is 5.69 Å². The third-order valence-electron chi connectivity index (χ3n) is 3.82. The lowest BCUT2D eigenvalue weighted by atomic mass is 10.1. The average molecular weight is 395 g/mol. The molecular formula is C19H17N5O3S. The molecule has 3 rings (SSSR count). The van der Waals surface area contributed by atoms with Crippen LogP contribution in [0, 0.1) is 0 Å². The standard InChI is InChI=1S/C19H17N5O3S/c1-12(25)14-5-9-17(10-6-14)24-19(21-22-23-24)28-11-18(27)15-3-7-16(8-4-15)20-13(2)26/h3-10H,11H2,1-2H3,(H,20,26). The summed E-state index contributed by atoms with van der Waals surface area (Å²) in [5.41, 5.74) is 2.47. The van der Waals surface area contributed by atoms with Crippen molar-refractivity contribution in [1.82, 2.24) is 20.2 Å². The molecule has 0 radical (unpaired) electrons. The van der Waals surface area contributed by atoms with Gasteiger partial charge in [0.15, 0.2) is 11.6 Å². The lowest BCUT2D eigenvalue weighted by Gasteiger charge is -2.06. The van der Waals surface area contributed by atoms with Crippen molar-refractivity contribution in [2.24, 2.45) is 0 Å². The Hall–Kier alpha value is -3.33. The van der Waals surface area contributed by atoms with Crippen LogP contribution in [0.15, 0.2) is 53.7 Å². The van der Waals surface area contributed by atoms with Crippen LogP contribution < -0.4 is 5.32 Å². The van der Waals surface area contributed by atoms with Crippen molar-refractivity contribution in [2.45, 2.75) is 19.0 Å². The molecule has 142 valence electrons. The molecule has 1 aromatic heterocycles. The minimum atomic E-state index is -0.169. The fourth-order valence-electron chi connectivity index (χ4n) is 2.42. The summed E-state index contributed by atoms with van der Waals surface area (Å²) in [6.45, 7) is 2.93. The van der Waals surface area contributed by atoms with E-state index in [1.54, 1.807) is 48.5 Å². The zero-order chi connectivity index (χ0) is 20.1. The van der Waals surface area contributed by atoms with Gasteiger partial charge in [-0.1, -0.05) is 11.8 Å². The van der Waals surface area contributed by atoms with E-state index in [4.69, 9.17) is 0 Å². The fraction of sp³-hybridized carbons (Fsp3) is 0.158. The second-order valence-corrected chi connectivity index (χ2v) is 6.89. The summed E-state index contributed by atoms with van der Waals surface area (Å²) in [7, 11) is 0. The maximum absolute atomic E-state index is 12.4. The second kappa shape index (κ2) is 8.57. The summed E-state index contributed by atoms with van der Waals surface area (Å²) in [5.74, 6) is -0.114. The maximum Gasteiger partial charge on any atom is 0.221 e. The number of Topliss-reactive ketones (excluding diaryl/α,β-unsaturated/α-hetero) is 2. The van der Waals surface area contributed by atoms with Crippen molar-refractivity contribution in [3.05, 3.63) is 59.7 Å². The molecule has 0 saturated heterocycles. The van der Waals surface area contributed by atoms with E-state index in [1.807, 2.05) is 0 Å². The molecule has 0 aliphatic carbocycles. The van der Waals surface area contributed by atoms with Gasteiger partial charge in [0.1, 0.15) is 0 Å². The van der Waals surface area contributed by atoms with E-state index in [-0.39, 0.29) is 23.2 Å². The summed E-state index contributed by atoms with van der Waals surface area (Å²) in [4.78, 5) is 34.9. The van der Waals surface area contributed by atoms with Gasteiger partial charge in [-0.2, -0.15) is 4.68 Å². The number of nitrogens with one attached hydrogen (secondary N) is 1. The van der Waals surface area contributed by atoms with Crippen LogP contribution in [0.3, 0.4) is 0 Å². The number of amides is 1. The fourth-order valence-corrected chi connectivity index (χ4v) is 3.21. The summed E-state index contributed by atoms with van der Waals surface area (Å²) in [6.07, 6.45) is 0. The third kappa shape index (κ3) is 4.68. The summed E-state index contributed by atoms with van der Waals surface area (Å²) in [6, 6.07) is 13.6. The molecule has 3 aromatic rings. The van der Waals surface area contributed by atoms with Gasteiger partial charge >= 0.3 is 0 Å². The van der Waals surface area contributed by atoms with Crippen LogP contribution in [0.25, 0.3) is 5.69 Å². The largest absolute Gasteiger partial charge is 0.326 e. The maximum atomic E-state index is 12.4. The summed E-state index contributed by atoms with van der Waals surface area (Å²) < 4.78 is 1.52. The van der Waals surface area contributed by atoms with Gasteiger partial charge < -0.3 is 5.32 Å². The van der Waals surface area contributed by atoms with Crippen molar-refractivity contribution in [2.75, 3.05) is 11.1 Å². The Labute approximate surface area is 165 Å². The molecular weight excluding hydrogens is 378 g/mol. The second-order valence-electron chi connectivity index (χ2n) is 5.95. The highest BCUT2D eigenvalue weighted by Crippen LogP contribution is 2.20. The Bertz CT molecular complexity index is 1010. The van der Waals surface area contributed by atoms with E-state index < -0.39 is 0 Å². The quantitative estimate of drug-likeness (QED) is 0.484. The van der Waals surface area contributed by atoms with Crippen molar-refractivity contribution < 1.29 is 14.4 Å². The molecule has 0 aliphatic rings. The van der Waals surface area contributed by atoms with Gasteiger partial charge in [-0.25, -0.2) is 0 Å². The predicted octanol–water partition coefficient (Wildman–Crippen LogP) is 2.80. The van der Waals surface area contributed by atoms with Crippen LogP contribution in [0.2, 0.25) is 0 Å². The Balaban J connectivity index is 1.67. The first-order valence-corrected chi connectivity index (χ1v) is 9.36. The number of anilines is 1. The molecule has 0 bridgehead atoms. The van der Waals surface area contributed by atoms with Gasteiger partial charge in [0.05, 0.1) is 11.4 Å². The van der Waals surface area contributed by atoms with Crippen molar-refractivity contribution in [3.63, 3.8) is 0 Å². The Morgan fingerprint density at radius 3 is 2.21 bits per heavy atom. The minimum Gasteiger partial charge on any atom is -0.326 e. The SMILES string of the molecule is CC(=O)Nc1ccc(C(=O)CSc2nnnn2-c2ccc(C(C)=O)cc2)cc1. The van der Waals surface area contributed by atoms with E-state index in [1.165, 1.54) is 30.3 Å². The van der Waals surface area contributed by atoms with Crippen LogP contribution in [-0.2, 0) is 4.79 Å². The first-order chi connectivity index (χ1) is 13.4. The number of ketones is 2. The topological polar surface area (TPSA) is 107 Å². The summed E-state index contributed by atoms with van der Waals surface area (Å²) in [5, 5.41) is 14.7. The number of benzene rings is 2. The number of tetrazole rings is 1. The normalized spacial score (nSPS) is 10.5. The van der Waals surface area contributed by atoms with Gasteiger partial charge in [0.2, 0.25) is 11.1 Å². The number of hydrogen-bond donors (Lipinski definition) is 1. The van der Waals surface area contributed by atoms with E-state index in [0.29, 0.717) is 27.7 Å². The third-order valence-corrected chi connectivity index (χ3v) is 4.74. The van der Waals surface area contributed by atoms with Gasteiger partial charge in [-0.3, -0.25) is 14.4 Å². The number of aromatic nitrogens is 4. The van der Waals surface area contributed by atoms with Crippen LogP contribution in [0.5, 0.6) is 0 Å². The average Bonchev–Trinajstić information content (AvgIpc) is 3.15. The lowest BCUT2D eigenvalue weighted by molar-refractivity contribution is -0.114. The van der Waals surface area contributed by atoms with Crippen LogP contribution >= 0.6 is 11.8 Å². The minimum absolute atomic E-state index is 0.0204. The molecule has 0 unspecified atom stereocenters. The van der Waals surface area contributed by atoms with Gasteiger partial charge in [0.25, 0.3) is 0 Å². The van der Waals surface area contributed by atoms with Gasteiger partial charge in [-0.15, -0.1) is 5.10 Å². The highest BCUT2D eigenvalue weighted by atomic mass is 32.2. The number of nitrogens with zero attached hydrogens (tertiary/aromatic N) is 4. The Morgan fingerprint density at radius 1 is 0.964 bits per heavy atom. The first-order valence-electron chi connectivity index (χ1n) is 8.37. The molecule has 0 aliphatic heterocycles. The molecule has 8 nitrogen and oxygen atoms in total. The number of carbonyl (C=O) groups excluding carboxylic acids is 3. The first kappa shape index (κ1) is 19.4. The molecule has 0 atom stereocenters. The van der Waals surface area contributed by atoms with Gasteiger partial charge in [0, 0.05) is 23.7 Å². The lowest BCUT2D eigenvalue weighted by Crippen LogP contribution is -2.07. The van der Waals surface area contributed by atoms with E-state index in [2.05, 4.69) is 20.8 Å². The van der Waals surface area contributed by atoms with Gasteiger partial charge in [-0.05, 0) is 65.9 Å². The molecule has 0 spiro atoms. The highest BCUT2D eigenvalue weighted by Gasteiger charge is 2.13. The number of rotatable bonds is 7. The molecule has 0 saturated carbocycles. The van der Waals surface area contributed by atoms with Crippen molar-refractivity contribution in [1.29, 1.82) is 0 Å². The van der Waals surface area contributed by atoms with E-state index in [0.717, 1.165) is 0 Å². The van der Waals surface area contributed by atoms with Crippen LogP contribution in [0.1, 0.15) is 34.6 Å². The summed E-state index contributed by atoms with van der Waals surface area (Å²) >= 11 is 1.22. The molecule has 0 fully saturated rings. The van der Waals surface area contributed by atoms with Crippen molar-refractivity contribution >= 4 is 34.9 Å². The molecule has 1 N–H and O–H groups in total. The number of hydrogen-bond acceptors (Lipinski definition) is 7. The smallest absolute Gasteiger partial charge is 0.221 e. The van der Waals surface area contributed by atoms with E-state index >= 15 is 0 Å². The molecule has 1 heterocycles.